The summed E-state index contributed by atoms with van der Waals surface area (Å²) >= 11 is 0. The first-order valence-electron chi connectivity index (χ1n) is 12.1. The molecule has 4 rings (SSSR count). The highest BCUT2D eigenvalue weighted by atomic mass is 16.5. The first kappa shape index (κ1) is 20.7. The van der Waals surface area contributed by atoms with Gasteiger partial charge in [-0.05, 0) is 111 Å². The Hall–Kier alpha value is -0.570. The molecular weight excluding hydrogens is 346 g/mol. The van der Waals surface area contributed by atoms with Crippen LogP contribution in [0.1, 0.15) is 91.4 Å². The highest BCUT2D eigenvalue weighted by Gasteiger charge is 2.60. The van der Waals surface area contributed by atoms with E-state index in [0.29, 0.717) is 29.2 Å². The summed E-state index contributed by atoms with van der Waals surface area (Å²) in [5.41, 5.74) is 7.39. The Morgan fingerprint density at radius 3 is 2.50 bits per heavy atom. The Morgan fingerprint density at radius 1 is 1.04 bits per heavy atom. The lowest BCUT2D eigenvalue weighted by molar-refractivity contribution is -0.141. The lowest BCUT2D eigenvalue weighted by atomic mass is 9.44. The monoisotopic (exact) mass is 389 g/mol. The summed E-state index contributed by atoms with van der Waals surface area (Å²) in [5, 5.41) is 0. The molecule has 2 N–H and O–H groups in total. The van der Waals surface area contributed by atoms with E-state index in [2.05, 4.69) is 20.8 Å². The molecule has 4 aliphatic rings. The zero-order valence-corrected chi connectivity index (χ0v) is 18.7. The van der Waals surface area contributed by atoms with Crippen molar-refractivity contribution in [2.45, 2.75) is 97.4 Å². The molecule has 0 aromatic rings. The number of ether oxygens (including phenoxy) is 1. The van der Waals surface area contributed by atoms with Crippen LogP contribution in [0.3, 0.4) is 0 Å². The molecule has 0 amide bonds. The maximum atomic E-state index is 11.6. The zero-order valence-electron chi connectivity index (χ0n) is 18.7. The fraction of sp³-hybridized carbons (Fsp3) is 0.960. The van der Waals surface area contributed by atoms with Crippen LogP contribution in [-0.2, 0) is 9.53 Å². The molecule has 4 aliphatic carbocycles. The number of carbonyl (C=O) groups is 1. The van der Waals surface area contributed by atoms with E-state index in [4.69, 9.17) is 10.5 Å². The van der Waals surface area contributed by atoms with Gasteiger partial charge in [-0.1, -0.05) is 20.8 Å². The van der Waals surface area contributed by atoms with Gasteiger partial charge in [0.15, 0.2) is 0 Å². The van der Waals surface area contributed by atoms with Gasteiger partial charge in [0.2, 0.25) is 0 Å². The van der Waals surface area contributed by atoms with E-state index < -0.39 is 0 Å². The quantitative estimate of drug-likeness (QED) is 0.640. The van der Waals surface area contributed by atoms with Crippen LogP contribution in [-0.4, -0.2) is 19.1 Å². The topological polar surface area (TPSA) is 52.3 Å². The average Bonchev–Trinajstić information content (AvgIpc) is 3.03. The molecule has 9 atom stereocenters. The van der Waals surface area contributed by atoms with Crippen LogP contribution in [0.2, 0.25) is 0 Å². The van der Waals surface area contributed by atoms with Crippen molar-refractivity contribution in [2.75, 3.05) is 7.11 Å². The smallest absolute Gasteiger partial charge is 0.305 e. The minimum absolute atomic E-state index is 0.0444. The third kappa shape index (κ3) is 3.24. The molecule has 0 bridgehead atoms. The fourth-order valence-corrected chi connectivity index (χ4v) is 8.92. The summed E-state index contributed by atoms with van der Waals surface area (Å²) in [7, 11) is 1.51. The summed E-state index contributed by atoms with van der Waals surface area (Å²) < 4.78 is 4.89. The zero-order chi connectivity index (χ0) is 20.1. The molecule has 0 heterocycles. The minimum atomic E-state index is -0.0444. The molecule has 3 heteroatoms. The summed E-state index contributed by atoms with van der Waals surface area (Å²) in [4.78, 5) is 11.6. The second kappa shape index (κ2) is 7.60. The summed E-state index contributed by atoms with van der Waals surface area (Å²) in [6, 6.07) is 0.454. The standard InChI is InChI=1S/C25H43NO2/c1-16(5-10-23(27)28-4)20-8-9-21-19-7-6-17-15-18(26)11-13-24(17,2)22(19)12-14-25(20,21)3/h16-22H,5-15,26H2,1-4H3/t16-,17?,18?,19+,20-,21+,22+,24+,25-/m1/s1. The van der Waals surface area contributed by atoms with Crippen molar-refractivity contribution < 1.29 is 9.53 Å². The molecule has 0 radical (unpaired) electrons. The van der Waals surface area contributed by atoms with E-state index >= 15 is 0 Å². The molecule has 4 fully saturated rings. The molecular formula is C25H43NO2. The molecule has 28 heavy (non-hydrogen) atoms. The molecule has 0 aromatic carbocycles. The molecule has 3 nitrogen and oxygen atoms in total. The van der Waals surface area contributed by atoms with Gasteiger partial charge in [-0.25, -0.2) is 0 Å². The second-order valence-corrected chi connectivity index (χ2v) is 11.5. The Kier molecular flexibility index (Phi) is 5.61. The van der Waals surface area contributed by atoms with E-state index in [0.717, 1.165) is 36.0 Å². The number of nitrogens with two attached hydrogens (primary N) is 1. The molecule has 0 aliphatic heterocycles. The highest BCUT2D eigenvalue weighted by molar-refractivity contribution is 5.69. The van der Waals surface area contributed by atoms with Gasteiger partial charge in [0.05, 0.1) is 7.11 Å². The Morgan fingerprint density at radius 2 is 1.75 bits per heavy atom. The Balaban J connectivity index is 1.48. The number of rotatable bonds is 4. The van der Waals surface area contributed by atoms with Crippen LogP contribution >= 0.6 is 0 Å². The van der Waals surface area contributed by atoms with Crippen LogP contribution in [0.5, 0.6) is 0 Å². The van der Waals surface area contributed by atoms with Crippen molar-refractivity contribution >= 4 is 5.97 Å². The third-order valence-electron chi connectivity index (χ3n) is 10.5. The van der Waals surface area contributed by atoms with E-state index in [-0.39, 0.29) is 5.97 Å². The van der Waals surface area contributed by atoms with Crippen LogP contribution in [0.4, 0.5) is 0 Å². The van der Waals surface area contributed by atoms with Gasteiger partial charge in [-0.15, -0.1) is 0 Å². The predicted octanol–water partition coefficient (Wildman–Crippen LogP) is 5.56. The van der Waals surface area contributed by atoms with Crippen LogP contribution < -0.4 is 5.73 Å². The molecule has 0 aromatic heterocycles. The van der Waals surface area contributed by atoms with Crippen LogP contribution in [0.15, 0.2) is 0 Å². The third-order valence-corrected chi connectivity index (χ3v) is 10.5. The van der Waals surface area contributed by atoms with E-state index in [9.17, 15) is 4.79 Å². The number of esters is 1. The second-order valence-electron chi connectivity index (χ2n) is 11.5. The van der Waals surface area contributed by atoms with Crippen LogP contribution in [0.25, 0.3) is 0 Å². The van der Waals surface area contributed by atoms with E-state index in [1.165, 1.54) is 64.9 Å². The Bertz CT molecular complexity index is 591. The predicted molar refractivity (Wildman–Crippen MR) is 114 cm³/mol. The van der Waals surface area contributed by atoms with Gasteiger partial charge in [-0.3, -0.25) is 4.79 Å². The Labute approximate surface area is 172 Å². The van der Waals surface area contributed by atoms with Crippen molar-refractivity contribution in [3.05, 3.63) is 0 Å². The SMILES string of the molecule is COC(=O)CC[C@@H](C)[C@H]1CC[C@H]2[C@@H]3CCC4CC(N)CC[C@]4(C)[C@H]3CC[C@]12C. The first-order valence-corrected chi connectivity index (χ1v) is 12.1. The number of methoxy groups -OCH3 is 1. The van der Waals surface area contributed by atoms with Gasteiger partial charge in [0.1, 0.15) is 0 Å². The summed E-state index contributed by atoms with van der Waals surface area (Å²) in [6.07, 6.45) is 13.9. The lowest BCUT2D eigenvalue weighted by Crippen LogP contribution is -2.54. The number of carbonyl (C=O) groups excluding carboxylic acids is 1. The van der Waals surface area contributed by atoms with E-state index in [1.807, 2.05) is 0 Å². The van der Waals surface area contributed by atoms with E-state index in [1.54, 1.807) is 0 Å². The molecule has 0 saturated heterocycles. The number of hydrogen-bond donors (Lipinski definition) is 1. The van der Waals surface area contributed by atoms with Gasteiger partial charge in [0.25, 0.3) is 0 Å². The average molecular weight is 390 g/mol. The molecule has 4 saturated carbocycles. The summed E-state index contributed by atoms with van der Waals surface area (Å²) in [6.45, 7) is 7.65. The van der Waals surface area contributed by atoms with Gasteiger partial charge >= 0.3 is 5.97 Å². The van der Waals surface area contributed by atoms with Crippen molar-refractivity contribution in [1.29, 1.82) is 0 Å². The first-order chi connectivity index (χ1) is 13.3. The molecule has 2 unspecified atom stereocenters. The summed E-state index contributed by atoms with van der Waals surface area (Å²) in [5.74, 6) is 5.02. The van der Waals surface area contributed by atoms with Crippen molar-refractivity contribution in [1.82, 2.24) is 0 Å². The van der Waals surface area contributed by atoms with Crippen molar-refractivity contribution in [3.63, 3.8) is 0 Å². The number of fused-ring (bicyclic) bond motifs is 5. The molecule has 160 valence electrons. The maximum Gasteiger partial charge on any atom is 0.305 e. The van der Waals surface area contributed by atoms with Crippen molar-refractivity contribution in [2.24, 2.45) is 52.1 Å². The van der Waals surface area contributed by atoms with Gasteiger partial charge in [-0.2, -0.15) is 0 Å². The van der Waals surface area contributed by atoms with Crippen molar-refractivity contribution in [3.8, 4) is 0 Å². The lowest BCUT2D eigenvalue weighted by Gasteiger charge is -2.61. The van der Waals surface area contributed by atoms with Gasteiger partial charge in [0, 0.05) is 12.5 Å². The minimum Gasteiger partial charge on any atom is -0.469 e. The fourth-order valence-electron chi connectivity index (χ4n) is 8.92. The normalized spacial score (nSPS) is 48.9. The van der Waals surface area contributed by atoms with Crippen LogP contribution in [0, 0.1) is 46.3 Å². The number of hydrogen-bond acceptors (Lipinski definition) is 3. The largest absolute Gasteiger partial charge is 0.469 e. The maximum absolute atomic E-state index is 11.6. The highest BCUT2D eigenvalue weighted by Crippen LogP contribution is 2.68. The molecule has 0 spiro atoms. The van der Waals surface area contributed by atoms with Gasteiger partial charge < -0.3 is 10.5 Å².